The molecule has 1 amide bonds. The van der Waals surface area contributed by atoms with E-state index in [0.29, 0.717) is 27.6 Å². The van der Waals surface area contributed by atoms with Gasteiger partial charge in [-0.1, -0.05) is 62.2 Å². The van der Waals surface area contributed by atoms with Crippen LogP contribution >= 0.6 is 23.4 Å². The summed E-state index contributed by atoms with van der Waals surface area (Å²) in [6.07, 6.45) is 3.30. The second-order valence-electron chi connectivity index (χ2n) is 6.43. The molecule has 1 atom stereocenters. The number of thioether (sulfide) groups is 1. The highest BCUT2D eigenvalue weighted by Gasteiger charge is 2.14. The molecule has 1 aromatic heterocycles. The molecule has 0 radical (unpaired) electrons. The van der Waals surface area contributed by atoms with Gasteiger partial charge >= 0.3 is 0 Å². The van der Waals surface area contributed by atoms with Crippen LogP contribution in [0.2, 0.25) is 5.02 Å². The topological polar surface area (TPSA) is 68.0 Å². The molecule has 0 bridgehead atoms. The van der Waals surface area contributed by atoms with E-state index in [2.05, 4.69) is 29.4 Å². The minimum absolute atomic E-state index is 0.0282. The Hall–Kier alpha value is -1.53. The molecule has 0 aliphatic heterocycles. The molecule has 0 aliphatic carbocycles. The summed E-state index contributed by atoms with van der Waals surface area (Å²) in [6, 6.07) is 7.45. The minimum atomic E-state index is -0.0282. The van der Waals surface area contributed by atoms with Gasteiger partial charge in [-0.15, -0.1) is 10.2 Å². The maximum Gasteiger partial charge on any atom is 0.277 e. The fraction of sp³-hybridized carbons (Fsp3) is 0.500. The van der Waals surface area contributed by atoms with Crippen LogP contribution in [0.3, 0.4) is 0 Å². The van der Waals surface area contributed by atoms with E-state index in [1.807, 2.05) is 25.1 Å². The van der Waals surface area contributed by atoms with Crippen molar-refractivity contribution in [1.29, 1.82) is 0 Å². The molecule has 1 heterocycles. The zero-order chi connectivity index (χ0) is 18.2. The van der Waals surface area contributed by atoms with E-state index in [9.17, 15) is 4.79 Å². The summed E-state index contributed by atoms with van der Waals surface area (Å²) < 4.78 is 5.57. The van der Waals surface area contributed by atoms with E-state index in [0.717, 1.165) is 12.8 Å². The Morgan fingerprint density at radius 1 is 1.24 bits per heavy atom. The van der Waals surface area contributed by atoms with Gasteiger partial charge in [0.2, 0.25) is 11.8 Å². The summed E-state index contributed by atoms with van der Waals surface area (Å²) in [5.41, 5.74) is 0.687. The average Bonchev–Trinajstić information content (AvgIpc) is 3.01. The first-order chi connectivity index (χ1) is 12.0. The van der Waals surface area contributed by atoms with Crippen LogP contribution in [-0.2, 0) is 4.79 Å². The monoisotopic (exact) mass is 381 g/mol. The number of hydrogen-bond acceptors (Lipinski definition) is 5. The zero-order valence-electron chi connectivity index (χ0n) is 14.8. The molecular formula is C18H24ClN3O2S. The summed E-state index contributed by atoms with van der Waals surface area (Å²) in [4.78, 5) is 12.0. The van der Waals surface area contributed by atoms with Gasteiger partial charge in [0.15, 0.2) is 0 Å². The summed E-state index contributed by atoms with van der Waals surface area (Å²) in [5.74, 6) is 1.27. The molecule has 25 heavy (non-hydrogen) atoms. The summed E-state index contributed by atoms with van der Waals surface area (Å²) in [7, 11) is 0. The zero-order valence-corrected chi connectivity index (χ0v) is 16.4. The first-order valence-corrected chi connectivity index (χ1v) is 9.82. The third kappa shape index (κ3) is 6.71. The SMILES string of the molecule is CC(C)CCCC(C)NC(=O)CSc1nnc(-c2ccccc2Cl)o1. The van der Waals surface area contributed by atoms with Crippen molar-refractivity contribution in [2.75, 3.05) is 5.75 Å². The number of carbonyl (C=O) groups is 1. The molecule has 0 fully saturated rings. The standard InChI is InChI=1S/C18H24ClN3O2S/c1-12(2)7-6-8-13(3)20-16(23)11-25-18-22-21-17(24-18)14-9-4-5-10-15(14)19/h4-5,9-10,12-13H,6-8,11H2,1-3H3,(H,20,23). The Balaban J connectivity index is 1.78. The van der Waals surface area contributed by atoms with Gasteiger partial charge in [0.05, 0.1) is 16.3 Å². The highest BCUT2D eigenvalue weighted by atomic mass is 35.5. The number of nitrogens with zero attached hydrogens (tertiary/aromatic N) is 2. The van der Waals surface area contributed by atoms with E-state index in [1.54, 1.807) is 6.07 Å². The van der Waals surface area contributed by atoms with E-state index < -0.39 is 0 Å². The van der Waals surface area contributed by atoms with Crippen molar-refractivity contribution in [2.24, 2.45) is 5.92 Å². The molecule has 5 nitrogen and oxygen atoms in total. The third-order valence-corrected chi connectivity index (χ3v) is 4.81. The molecule has 0 saturated heterocycles. The van der Waals surface area contributed by atoms with Crippen LogP contribution in [0.15, 0.2) is 33.9 Å². The molecule has 0 spiro atoms. The lowest BCUT2D eigenvalue weighted by Gasteiger charge is -2.14. The molecule has 1 N–H and O–H groups in total. The third-order valence-electron chi connectivity index (χ3n) is 3.66. The number of nitrogens with one attached hydrogen (secondary N) is 1. The Morgan fingerprint density at radius 2 is 2.00 bits per heavy atom. The normalized spacial score (nSPS) is 12.4. The number of hydrogen-bond donors (Lipinski definition) is 1. The van der Waals surface area contributed by atoms with Crippen LogP contribution in [0.1, 0.15) is 40.0 Å². The maximum absolute atomic E-state index is 12.0. The molecule has 0 aliphatic rings. The van der Waals surface area contributed by atoms with Crippen LogP contribution in [0.4, 0.5) is 0 Å². The number of rotatable bonds is 9. The first-order valence-electron chi connectivity index (χ1n) is 8.46. The lowest BCUT2D eigenvalue weighted by atomic mass is 10.0. The molecular weight excluding hydrogens is 358 g/mol. The quantitative estimate of drug-likeness (QED) is 0.631. The largest absolute Gasteiger partial charge is 0.411 e. The second-order valence-corrected chi connectivity index (χ2v) is 7.77. The van der Waals surface area contributed by atoms with Gasteiger partial charge in [-0.2, -0.15) is 0 Å². The van der Waals surface area contributed by atoms with Crippen LogP contribution in [0, 0.1) is 5.92 Å². The van der Waals surface area contributed by atoms with Crippen LogP contribution in [-0.4, -0.2) is 27.9 Å². The fourth-order valence-electron chi connectivity index (χ4n) is 2.36. The predicted molar refractivity (Wildman–Crippen MR) is 102 cm³/mol. The number of carbonyl (C=O) groups excluding carboxylic acids is 1. The van der Waals surface area contributed by atoms with Gasteiger partial charge in [0.1, 0.15) is 0 Å². The average molecular weight is 382 g/mol. The van der Waals surface area contributed by atoms with Crippen molar-refractivity contribution in [3.63, 3.8) is 0 Å². The van der Waals surface area contributed by atoms with E-state index in [4.69, 9.17) is 16.0 Å². The smallest absolute Gasteiger partial charge is 0.277 e. The van der Waals surface area contributed by atoms with Gasteiger partial charge < -0.3 is 9.73 Å². The first kappa shape index (κ1) is 19.8. The highest BCUT2D eigenvalue weighted by Crippen LogP contribution is 2.28. The molecule has 7 heteroatoms. The molecule has 1 unspecified atom stereocenters. The van der Waals surface area contributed by atoms with E-state index in [1.165, 1.54) is 18.2 Å². The summed E-state index contributed by atoms with van der Waals surface area (Å²) in [6.45, 7) is 6.45. The summed E-state index contributed by atoms with van der Waals surface area (Å²) in [5, 5.41) is 11.9. The lowest BCUT2D eigenvalue weighted by Crippen LogP contribution is -2.33. The molecule has 2 rings (SSSR count). The number of benzene rings is 1. The second kappa shape index (κ2) is 9.82. The van der Waals surface area contributed by atoms with Crippen molar-refractivity contribution < 1.29 is 9.21 Å². The van der Waals surface area contributed by atoms with Gasteiger partial charge in [-0.05, 0) is 31.4 Å². The van der Waals surface area contributed by atoms with Crippen molar-refractivity contribution in [2.45, 2.75) is 51.3 Å². The van der Waals surface area contributed by atoms with Crippen LogP contribution < -0.4 is 5.32 Å². The van der Waals surface area contributed by atoms with Crippen molar-refractivity contribution >= 4 is 29.3 Å². The Labute approximate surface area is 157 Å². The molecule has 1 aromatic carbocycles. The Kier molecular flexibility index (Phi) is 7.78. The lowest BCUT2D eigenvalue weighted by molar-refractivity contribution is -0.119. The predicted octanol–water partition coefficient (Wildman–Crippen LogP) is 4.81. The van der Waals surface area contributed by atoms with Gasteiger partial charge in [-0.25, -0.2) is 0 Å². The summed E-state index contributed by atoms with van der Waals surface area (Å²) >= 11 is 7.34. The highest BCUT2D eigenvalue weighted by molar-refractivity contribution is 7.99. The molecule has 0 saturated carbocycles. The molecule has 2 aromatic rings. The van der Waals surface area contributed by atoms with Crippen molar-refractivity contribution in [3.05, 3.63) is 29.3 Å². The van der Waals surface area contributed by atoms with Crippen molar-refractivity contribution in [1.82, 2.24) is 15.5 Å². The van der Waals surface area contributed by atoms with Gasteiger partial charge in [0.25, 0.3) is 5.22 Å². The maximum atomic E-state index is 12.0. The van der Waals surface area contributed by atoms with E-state index in [-0.39, 0.29) is 17.7 Å². The minimum Gasteiger partial charge on any atom is -0.411 e. The molecule has 136 valence electrons. The van der Waals surface area contributed by atoms with Gasteiger partial charge in [0, 0.05) is 6.04 Å². The Bertz CT molecular complexity index is 690. The van der Waals surface area contributed by atoms with E-state index >= 15 is 0 Å². The fourth-order valence-corrected chi connectivity index (χ4v) is 3.15. The van der Waals surface area contributed by atoms with Crippen LogP contribution in [0.5, 0.6) is 0 Å². The Morgan fingerprint density at radius 3 is 2.72 bits per heavy atom. The number of aromatic nitrogens is 2. The number of halogens is 1. The van der Waals surface area contributed by atoms with Gasteiger partial charge in [-0.3, -0.25) is 4.79 Å². The number of amides is 1. The van der Waals surface area contributed by atoms with Crippen molar-refractivity contribution in [3.8, 4) is 11.5 Å². The van der Waals surface area contributed by atoms with Crippen LogP contribution in [0.25, 0.3) is 11.5 Å².